The predicted octanol–water partition coefficient (Wildman–Crippen LogP) is 2.64. The molecule has 7 heteroatoms. The Morgan fingerprint density at radius 2 is 1.83 bits per heavy atom. The molecular formula is C22H33N5O2. The maximum Gasteiger partial charge on any atom is 0.317 e. The molecule has 29 heavy (non-hydrogen) atoms. The van der Waals surface area contributed by atoms with E-state index in [0.29, 0.717) is 13.1 Å². The van der Waals surface area contributed by atoms with Gasteiger partial charge in [0.05, 0.1) is 12.2 Å². The highest BCUT2D eigenvalue weighted by Gasteiger charge is 2.17. The summed E-state index contributed by atoms with van der Waals surface area (Å²) in [7, 11) is 1.80. The fourth-order valence-corrected chi connectivity index (χ4v) is 3.68. The molecule has 0 spiro atoms. The summed E-state index contributed by atoms with van der Waals surface area (Å²) in [6.45, 7) is 11.4. The molecule has 3 rings (SSSR count). The Hall–Kier alpha value is -2.38. The van der Waals surface area contributed by atoms with Crippen molar-refractivity contribution in [3.05, 3.63) is 52.9 Å². The third-order valence-corrected chi connectivity index (χ3v) is 5.56. The summed E-state index contributed by atoms with van der Waals surface area (Å²) < 4.78 is 5.17. The van der Waals surface area contributed by atoms with Gasteiger partial charge in [-0.15, -0.1) is 0 Å². The molecule has 2 aromatic rings. The molecule has 158 valence electrons. The molecule has 1 saturated heterocycles. The summed E-state index contributed by atoms with van der Waals surface area (Å²) in [5.41, 5.74) is 3.20. The van der Waals surface area contributed by atoms with Crippen molar-refractivity contribution >= 4 is 6.03 Å². The van der Waals surface area contributed by atoms with Gasteiger partial charge in [0.2, 0.25) is 0 Å². The topological polar surface area (TPSA) is 64.9 Å². The van der Waals surface area contributed by atoms with Crippen LogP contribution in [0.25, 0.3) is 0 Å². The average molecular weight is 400 g/mol. The zero-order chi connectivity index (χ0) is 20.6. The van der Waals surface area contributed by atoms with Crippen LogP contribution in [0.4, 0.5) is 4.79 Å². The number of amides is 2. The zero-order valence-electron chi connectivity index (χ0n) is 17.9. The minimum Gasteiger partial charge on any atom is -0.361 e. The lowest BCUT2D eigenvalue weighted by Gasteiger charge is -2.34. The Bertz CT molecular complexity index is 749. The van der Waals surface area contributed by atoms with Crippen LogP contribution in [0.3, 0.4) is 0 Å². The molecule has 0 atom stereocenters. The van der Waals surface area contributed by atoms with Gasteiger partial charge in [-0.1, -0.05) is 35.5 Å². The second-order valence-corrected chi connectivity index (χ2v) is 7.85. The van der Waals surface area contributed by atoms with E-state index in [9.17, 15) is 4.79 Å². The predicted molar refractivity (Wildman–Crippen MR) is 114 cm³/mol. The summed E-state index contributed by atoms with van der Waals surface area (Å²) >= 11 is 0. The van der Waals surface area contributed by atoms with E-state index in [1.807, 2.05) is 13.8 Å². The molecule has 0 aliphatic carbocycles. The van der Waals surface area contributed by atoms with E-state index in [1.54, 1.807) is 11.9 Å². The van der Waals surface area contributed by atoms with Crippen LogP contribution in [0.1, 0.15) is 29.0 Å². The first-order valence-corrected chi connectivity index (χ1v) is 10.4. The molecule has 0 bridgehead atoms. The van der Waals surface area contributed by atoms with Crippen LogP contribution in [-0.4, -0.2) is 72.2 Å². The van der Waals surface area contributed by atoms with Crippen LogP contribution >= 0.6 is 0 Å². The van der Waals surface area contributed by atoms with E-state index in [4.69, 9.17) is 4.52 Å². The molecule has 0 saturated carbocycles. The van der Waals surface area contributed by atoms with Crippen molar-refractivity contribution < 1.29 is 9.32 Å². The molecule has 1 aromatic carbocycles. The van der Waals surface area contributed by atoms with Crippen molar-refractivity contribution in [2.24, 2.45) is 0 Å². The third-order valence-electron chi connectivity index (χ3n) is 5.56. The molecule has 1 aliphatic heterocycles. The molecular weight excluding hydrogens is 366 g/mol. The van der Waals surface area contributed by atoms with Crippen molar-refractivity contribution in [3.8, 4) is 0 Å². The SMILES string of the molecule is Cc1noc(C)c1CN(C)C(=O)NCCCN1CCN(Cc2ccccc2)CC1. The molecule has 7 nitrogen and oxygen atoms in total. The van der Waals surface area contributed by atoms with Gasteiger partial charge in [-0.25, -0.2) is 4.79 Å². The van der Waals surface area contributed by atoms with Gasteiger partial charge in [0.25, 0.3) is 0 Å². The summed E-state index contributed by atoms with van der Waals surface area (Å²) in [6.07, 6.45) is 0.962. The number of nitrogens with one attached hydrogen (secondary N) is 1. The van der Waals surface area contributed by atoms with Gasteiger partial charge in [-0.3, -0.25) is 4.90 Å². The number of urea groups is 1. The number of carbonyl (C=O) groups is 1. The maximum absolute atomic E-state index is 12.3. The lowest BCUT2D eigenvalue weighted by Crippen LogP contribution is -2.46. The smallest absolute Gasteiger partial charge is 0.317 e. The monoisotopic (exact) mass is 399 g/mol. The van der Waals surface area contributed by atoms with E-state index >= 15 is 0 Å². The van der Waals surface area contributed by atoms with Crippen LogP contribution in [-0.2, 0) is 13.1 Å². The summed E-state index contributed by atoms with van der Waals surface area (Å²) in [5.74, 6) is 0.772. The van der Waals surface area contributed by atoms with Crippen molar-refractivity contribution in [2.45, 2.75) is 33.4 Å². The minimum atomic E-state index is -0.0577. The first-order chi connectivity index (χ1) is 14.0. The normalized spacial score (nSPS) is 15.4. The number of hydrogen-bond donors (Lipinski definition) is 1. The Morgan fingerprint density at radius 3 is 2.48 bits per heavy atom. The van der Waals surface area contributed by atoms with Gasteiger partial charge in [0, 0.05) is 51.9 Å². The second kappa shape index (κ2) is 10.4. The first-order valence-electron chi connectivity index (χ1n) is 10.4. The molecule has 0 unspecified atom stereocenters. The van der Waals surface area contributed by atoms with Crippen LogP contribution in [0.5, 0.6) is 0 Å². The van der Waals surface area contributed by atoms with Crippen LogP contribution in [0.15, 0.2) is 34.9 Å². The lowest BCUT2D eigenvalue weighted by molar-refractivity contribution is 0.126. The van der Waals surface area contributed by atoms with E-state index < -0.39 is 0 Å². The summed E-state index contributed by atoms with van der Waals surface area (Å²) in [5, 5.41) is 6.96. The number of aromatic nitrogens is 1. The number of piperazine rings is 1. The quantitative estimate of drug-likeness (QED) is 0.692. The van der Waals surface area contributed by atoms with E-state index in [2.05, 4.69) is 50.6 Å². The van der Waals surface area contributed by atoms with Crippen LogP contribution in [0.2, 0.25) is 0 Å². The molecule has 1 fully saturated rings. The highest BCUT2D eigenvalue weighted by atomic mass is 16.5. The van der Waals surface area contributed by atoms with Crippen molar-refractivity contribution in [3.63, 3.8) is 0 Å². The Kier molecular flexibility index (Phi) is 7.66. The van der Waals surface area contributed by atoms with Gasteiger partial charge in [0.15, 0.2) is 0 Å². The Morgan fingerprint density at radius 1 is 1.14 bits per heavy atom. The van der Waals surface area contributed by atoms with Gasteiger partial charge < -0.3 is 19.6 Å². The van der Waals surface area contributed by atoms with E-state index in [1.165, 1.54) is 5.56 Å². The molecule has 1 N–H and O–H groups in total. The van der Waals surface area contributed by atoms with Gasteiger partial charge in [-0.05, 0) is 32.4 Å². The van der Waals surface area contributed by atoms with Gasteiger partial charge in [0.1, 0.15) is 5.76 Å². The largest absolute Gasteiger partial charge is 0.361 e. The molecule has 2 amide bonds. The number of benzene rings is 1. The first kappa shape index (κ1) is 21.3. The fraction of sp³-hybridized carbons (Fsp3) is 0.545. The molecule has 0 radical (unpaired) electrons. The third kappa shape index (κ3) is 6.30. The molecule has 1 aliphatic rings. The van der Waals surface area contributed by atoms with Gasteiger partial charge in [-0.2, -0.15) is 0 Å². The Balaban J connectivity index is 1.29. The molecule has 1 aromatic heterocycles. The number of hydrogen-bond acceptors (Lipinski definition) is 5. The van der Waals surface area contributed by atoms with E-state index in [0.717, 1.165) is 62.7 Å². The summed E-state index contributed by atoms with van der Waals surface area (Å²) in [6, 6.07) is 10.6. The van der Waals surface area contributed by atoms with Crippen molar-refractivity contribution in [1.29, 1.82) is 0 Å². The van der Waals surface area contributed by atoms with Crippen LogP contribution in [0, 0.1) is 13.8 Å². The van der Waals surface area contributed by atoms with Gasteiger partial charge >= 0.3 is 6.03 Å². The summed E-state index contributed by atoms with van der Waals surface area (Å²) in [4.78, 5) is 19.0. The van der Waals surface area contributed by atoms with Crippen LogP contribution < -0.4 is 5.32 Å². The molecule has 2 heterocycles. The average Bonchev–Trinajstić information content (AvgIpc) is 3.05. The van der Waals surface area contributed by atoms with E-state index in [-0.39, 0.29) is 6.03 Å². The Labute approximate surface area is 173 Å². The number of aryl methyl sites for hydroxylation is 2. The fourth-order valence-electron chi connectivity index (χ4n) is 3.68. The number of carbonyl (C=O) groups excluding carboxylic acids is 1. The highest BCUT2D eigenvalue weighted by molar-refractivity contribution is 5.73. The van der Waals surface area contributed by atoms with Crippen molar-refractivity contribution in [1.82, 2.24) is 25.2 Å². The zero-order valence-corrected chi connectivity index (χ0v) is 17.9. The highest BCUT2D eigenvalue weighted by Crippen LogP contribution is 2.14. The maximum atomic E-state index is 12.3. The van der Waals surface area contributed by atoms with Crippen molar-refractivity contribution in [2.75, 3.05) is 46.3 Å². The second-order valence-electron chi connectivity index (χ2n) is 7.85. The standard InChI is InChI=1S/C22H33N5O2/c1-18-21(19(2)29-24-18)17-25(3)22(28)23-10-7-11-26-12-14-27(15-13-26)16-20-8-5-4-6-9-20/h4-6,8-9H,7,10-17H2,1-3H3,(H,23,28). The number of nitrogens with zero attached hydrogens (tertiary/aromatic N) is 4. The minimum absolute atomic E-state index is 0.0577. The number of rotatable bonds is 8. The lowest BCUT2D eigenvalue weighted by atomic mass is 10.2.